The van der Waals surface area contributed by atoms with E-state index in [4.69, 9.17) is 0 Å². The third kappa shape index (κ3) is 4.94. The Labute approximate surface area is 120 Å². The average molecular weight is 291 g/mol. The minimum Gasteiger partial charge on any atom is -0.314 e. The third-order valence-electron chi connectivity index (χ3n) is 4.99. The lowest BCUT2D eigenvalue weighted by atomic mass is 9.76. The van der Waals surface area contributed by atoms with Gasteiger partial charge in [-0.3, -0.25) is 0 Å². The monoisotopic (exact) mass is 291 g/mol. The Hall–Kier alpha value is -0.250. The van der Waals surface area contributed by atoms with E-state index < -0.39 is 12.1 Å². The zero-order valence-corrected chi connectivity index (χ0v) is 12.5. The second-order valence-electron chi connectivity index (χ2n) is 6.75. The van der Waals surface area contributed by atoms with Crippen molar-refractivity contribution in [1.82, 2.24) is 5.32 Å². The highest BCUT2D eigenvalue weighted by Gasteiger charge is 2.43. The molecule has 0 saturated heterocycles. The highest BCUT2D eigenvalue weighted by atomic mass is 19.4. The molecule has 0 aromatic rings. The summed E-state index contributed by atoms with van der Waals surface area (Å²) in [5, 5.41) is 3.53. The molecule has 2 fully saturated rings. The van der Waals surface area contributed by atoms with Crippen molar-refractivity contribution >= 4 is 0 Å². The molecule has 2 rings (SSSR count). The van der Waals surface area contributed by atoms with Crippen LogP contribution >= 0.6 is 0 Å². The molecule has 2 aliphatic carbocycles. The first-order valence-corrected chi connectivity index (χ1v) is 8.30. The highest BCUT2D eigenvalue weighted by Crippen LogP contribution is 2.42. The second-order valence-corrected chi connectivity index (χ2v) is 6.75. The fraction of sp³-hybridized carbons (Fsp3) is 1.00. The zero-order valence-electron chi connectivity index (χ0n) is 12.5. The lowest BCUT2D eigenvalue weighted by Gasteiger charge is -2.36. The van der Waals surface area contributed by atoms with Gasteiger partial charge in [-0.1, -0.05) is 26.2 Å². The molecule has 0 aromatic heterocycles. The van der Waals surface area contributed by atoms with E-state index >= 15 is 0 Å². The standard InChI is InChI=1S/C16H28F3N/c1-2-10-20-15(9-8-12-6-7-12)13-4-3-5-14(11-13)16(17,18)19/h12-15,20H,2-11H2,1H3. The van der Waals surface area contributed by atoms with Gasteiger partial charge >= 0.3 is 6.18 Å². The van der Waals surface area contributed by atoms with Crippen molar-refractivity contribution in [3.05, 3.63) is 0 Å². The van der Waals surface area contributed by atoms with Crippen molar-refractivity contribution in [3.63, 3.8) is 0 Å². The van der Waals surface area contributed by atoms with Crippen LogP contribution in [0.2, 0.25) is 0 Å². The fourth-order valence-electron chi connectivity index (χ4n) is 3.55. The first-order chi connectivity index (χ1) is 9.50. The van der Waals surface area contributed by atoms with E-state index in [2.05, 4.69) is 12.2 Å². The second kappa shape index (κ2) is 7.15. The SMILES string of the molecule is CCCNC(CCC1CC1)C1CCCC(C(F)(F)F)C1. The Morgan fingerprint density at radius 2 is 1.90 bits per heavy atom. The van der Waals surface area contributed by atoms with Crippen LogP contribution in [0.15, 0.2) is 0 Å². The molecule has 118 valence electrons. The van der Waals surface area contributed by atoms with Crippen LogP contribution in [0.25, 0.3) is 0 Å². The van der Waals surface area contributed by atoms with Crippen molar-refractivity contribution in [3.8, 4) is 0 Å². The van der Waals surface area contributed by atoms with Gasteiger partial charge in [0.05, 0.1) is 5.92 Å². The number of hydrogen-bond acceptors (Lipinski definition) is 1. The normalized spacial score (nSPS) is 29.4. The van der Waals surface area contributed by atoms with E-state index in [1.807, 2.05) is 0 Å². The number of nitrogens with one attached hydrogen (secondary N) is 1. The summed E-state index contributed by atoms with van der Waals surface area (Å²) in [5.74, 6) is 0.0247. The molecular weight excluding hydrogens is 263 g/mol. The van der Waals surface area contributed by atoms with Gasteiger partial charge in [-0.15, -0.1) is 0 Å². The van der Waals surface area contributed by atoms with Crippen molar-refractivity contribution in [2.45, 2.75) is 76.9 Å². The van der Waals surface area contributed by atoms with Crippen LogP contribution in [-0.2, 0) is 0 Å². The van der Waals surface area contributed by atoms with E-state index in [0.29, 0.717) is 18.9 Å². The molecule has 3 unspecified atom stereocenters. The van der Waals surface area contributed by atoms with Gasteiger partial charge in [0.25, 0.3) is 0 Å². The van der Waals surface area contributed by atoms with Gasteiger partial charge in [0, 0.05) is 6.04 Å². The van der Waals surface area contributed by atoms with Gasteiger partial charge in [0.1, 0.15) is 0 Å². The van der Waals surface area contributed by atoms with E-state index in [1.54, 1.807) is 0 Å². The Morgan fingerprint density at radius 1 is 1.15 bits per heavy atom. The number of halogens is 3. The molecule has 2 saturated carbocycles. The average Bonchev–Trinajstić information content (AvgIpc) is 3.22. The Balaban J connectivity index is 1.87. The number of rotatable bonds is 7. The third-order valence-corrected chi connectivity index (χ3v) is 4.99. The molecule has 0 heterocycles. The van der Waals surface area contributed by atoms with Crippen molar-refractivity contribution in [2.75, 3.05) is 6.54 Å². The summed E-state index contributed by atoms with van der Waals surface area (Å²) in [6.45, 7) is 3.05. The van der Waals surface area contributed by atoms with Crippen molar-refractivity contribution in [1.29, 1.82) is 0 Å². The molecule has 3 atom stereocenters. The predicted octanol–water partition coefficient (Wildman–Crippen LogP) is 4.91. The molecule has 20 heavy (non-hydrogen) atoms. The van der Waals surface area contributed by atoms with Crippen molar-refractivity contribution < 1.29 is 13.2 Å². The molecule has 0 amide bonds. The first-order valence-electron chi connectivity index (χ1n) is 8.30. The summed E-state index contributed by atoms with van der Waals surface area (Å²) in [5.41, 5.74) is 0. The van der Waals surface area contributed by atoms with Crippen LogP contribution in [-0.4, -0.2) is 18.8 Å². The number of hydrogen-bond donors (Lipinski definition) is 1. The highest BCUT2D eigenvalue weighted by molar-refractivity contribution is 4.86. The van der Waals surface area contributed by atoms with Crippen LogP contribution in [0, 0.1) is 17.8 Å². The van der Waals surface area contributed by atoms with Gasteiger partial charge in [-0.25, -0.2) is 0 Å². The quantitative estimate of drug-likeness (QED) is 0.702. The van der Waals surface area contributed by atoms with E-state index in [1.165, 1.54) is 19.3 Å². The summed E-state index contributed by atoms with van der Waals surface area (Å²) < 4.78 is 38.8. The topological polar surface area (TPSA) is 12.0 Å². The lowest BCUT2D eigenvalue weighted by Crippen LogP contribution is -2.41. The van der Waals surface area contributed by atoms with Crippen LogP contribution < -0.4 is 5.32 Å². The summed E-state index contributed by atoms with van der Waals surface area (Å²) in [4.78, 5) is 0. The van der Waals surface area contributed by atoms with Gasteiger partial charge in [0.2, 0.25) is 0 Å². The smallest absolute Gasteiger partial charge is 0.314 e. The molecule has 4 heteroatoms. The molecule has 0 radical (unpaired) electrons. The maximum Gasteiger partial charge on any atom is 0.391 e. The van der Waals surface area contributed by atoms with Gasteiger partial charge in [-0.2, -0.15) is 13.2 Å². The van der Waals surface area contributed by atoms with Crippen molar-refractivity contribution in [2.24, 2.45) is 17.8 Å². The Bertz CT molecular complexity index is 286. The molecule has 2 aliphatic rings. The molecule has 0 spiro atoms. The lowest BCUT2D eigenvalue weighted by molar-refractivity contribution is -0.186. The summed E-state index contributed by atoms with van der Waals surface area (Å²) >= 11 is 0. The first kappa shape index (κ1) is 16.1. The van der Waals surface area contributed by atoms with E-state index in [0.717, 1.165) is 38.1 Å². The van der Waals surface area contributed by atoms with Crippen LogP contribution in [0.4, 0.5) is 13.2 Å². The molecule has 0 bridgehead atoms. The minimum absolute atomic E-state index is 0.223. The van der Waals surface area contributed by atoms with Gasteiger partial charge in [0.15, 0.2) is 0 Å². The summed E-state index contributed by atoms with van der Waals surface area (Å²) in [7, 11) is 0. The maximum absolute atomic E-state index is 12.9. The number of alkyl halides is 3. The van der Waals surface area contributed by atoms with Crippen LogP contribution in [0.1, 0.15) is 64.7 Å². The van der Waals surface area contributed by atoms with E-state index in [9.17, 15) is 13.2 Å². The fourth-order valence-corrected chi connectivity index (χ4v) is 3.55. The van der Waals surface area contributed by atoms with Gasteiger partial charge < -0.3 is 5.32 Å². The Kier molecular flexibility index (Phi) is 5.76. The van der Waals surface area contributed by atoms with Gasteiger partial charge in [-0.05, 0) is 56.9 Å². The van der Waals surface area contributed by atoms with Crippen LogP contribution in [0.5, 0.6) is 0 Å². The zero-order chi connectivity index (χ0) is 14.6. The Morgan fingerprint density at radius 3 is 2.50 bits per heavy atom. The molecule has 1 N–H and O–H groups in total. The molecular formula is C16H28F3N. The maximum atomic E-state index is 12.9. The molecule has 0 aromatic carbocycles. The van der Waals surface area contributed by atoms with E-state index in [-0.39, 0.29) is 5.92 Å². The molecule has 1 nitrogen and oxygen atoms in total. The minimum atomic E-state index is -4.00. The predicted molar refractivity (Wildman–Crippen MR) is 75.5 cm³/mol. The van der Waals surface area contributed by atoms with Crippen LogP contribution in [0.3, 0.4) is 0 Å². The molecule has 0 aliphatic heterocycles. The largest absolute Gasteiger partial charge is 0.391 e. The summed E-state index contributed by atoms with van der Waals surface area (Å²) in [6.07, 6.45) is 4.38. The summed E-state index contributed by atoms with van der Waals surface area (Å²) in [6, 6.07) is 0.306.